The summed E-state index contributed by atoms with van der Waals surface area (Å²) in [6, 6.07) is 4.48. The quantitative estimate of drug-likeness (QED) is 0.806. The molecule has 0 spiro atoms. The first-order valence-corrected chi connectivity index (χ1v) is 8.07. The fraction of sp³-hybridized carbons (Fsp3) is 0.667. The van der Waals surface area contributed by atoms with Crippen LogP contribution in [0.25, 0.3) is 0 Å². The molecule has 0 N–H and O–H groups in total. The van der Waals surface area contributed by atoms with Crippen molar-refractivity contribution in [2.45, 2.75) is 51.0 Å². The van der Waals surface area contributed by atoms with Crippen LogP contribution in [-0.4, -0.2) is 23.4 Å². The largest absolute Gasteiger partial charge is 0.335 e. The Hall–Kier alpha value is -0.830. The van der Waals surface area contributed by atoms with Crippen LogP contribution in [0.1, 0.15) is 54.6 Å². The van der Waals surface area contributed by atoms with Crippen LogP contribution in [-0.2, 0) is 0 Å². The predicted molar refractivity (Wildman–Crippen MR) is 75.0 cm³/mol. The van der Waals surface area contributed by atoms with Crippen molar-refractivity contribution in [1.29, 1.82) is 0 Å². The Morgan fingerprint density at radius 3 is 2.61 bits per heavy atom. The van der Waals surface area contributed by atoms with Gasteiger partial charge in [-0.05, 0) is 43.0 Å². The Kier molecular flexibility index (Phi) is 3.69. The molecule has 2 saturated carbocycles. The molecule has 1 heterocycles. The number of carbonyl (C=O) groups excluding carboxylic acids is 1. The van der Waals surface area contributed by atoms with Crippen LogP contribution in [0.15, 0.2) is 17.5 Å². The predicted octanol–water partition coefficient (Wildman–Crippen LogP) is 3.93. The van der Waals surface area contributed by atoms with E-state index >= 15 is 0 Å². The second kappa shape index (κ2) is 5.43. The molecule has 2 aliphatic carbocycles. The second-order valence-corrected chi connectivity index (χ2v) is 6.62. The van der Waals surface area contributed by atoms with Crippen molar-refractivity contribution in [2.75, 3.05) is 6.54 Å². The van der Waals surface area contributed by atoms with Gasteiger partial charge in [-0.15, -0.1) is 11.3 Å². The Morgan fingerprint density at radius 1 is 1.22 bits per heavy atom. The number of rotatable bonds is 4. The monoisotopic (exact) mass is 263 g/mol. The number of hydrogen-bond acceptors (Lipinski definition) is 2. The van der Waals surface area contributed by atoms with Crippen LogP contribution < -0.4 is 0 Å². The fourth-order valence-electron chi connectivity index (χ4n) is 2.97. The maximum atomic E-state index is 12.5. The lowest BCUT2D eigenvalue weighted by atomic mass is 9.89. The summed E-state index contributed by atoms with van der Waals surface area (Å²) in [7, 11) is 0. The van der Waals surface area contributed by atoms with Gasteiger partial charge in [0.25, 0.3) is 5.91 Å². The van der Waals surface area contributed by atoms with Gasteiger partial charge in [0, 0.05) is 12.6 Å². The molecular weight excluding hydrogens is 242 g/mol. The zero-order chi connectivity index (χ0) is 12.4. The Balaban J connectivity index is 1.66. The first kappa shape index (κ1) is 12.2. The SMILES string of the molecule is O=C(c1cccs1)N(CC1CCCCC1)C1CC1. The van der Waals surface area contributed by atoms with Crippen LogP contribution in [0.4, 0.5) is 0 Å². The Bertz CT molecular complexity index is 391. The summed E-state index contributed by atoms with van der Waals surface area (Å²) in [4.78, 5) is 15.6. The van der Waals surface area contributed by atoms with Gasteiger partial charge in [0.1, 0.15) is 0 Å². The van der Waals surface area contributed by atoms with E-state index in [1.807, 2.05) is 17.5 Å². The van der Waals surface area contributed by atoms with Gasteiger partial charge in [0.2, 0.25) is 0 Å². The van der Waals surface area contributed by atoms with Crippen LogP contribution in [0.3, 0.4) is 0 Å². The highest BCUT2D eigenvalue weighted by molar-refractivity contribution is 7.12. The van der Waals surface area contributed by atoms with Gasteiger partial charge in [0.15, 0.2) is 0 Å². The molecule has 0 saturated heterocycles. The maximum absolute atomic E-state index is 12.5. The zero-order valence-corrected chi connectivity index (χ0v) is 11.6. The van der Waals surface area contributed by atoms with Crippen LogP contribution in [0, 0.1) is 5.92 Å². The highest BCUT2D eigenvalue weighted by Gasteiger charge is 2.34. The summed E-state index contributed by atoms with van der Waals surface area (Å²) in [5, 5.41) is 2.00. The van der Waals surface area contributed by atoms with E-state index in [9.17, 15) is 4.79 Å². The van der Waals surface area contributed by atoms with Gasteiger partial charge in [-0.25, -0.2) is 0 Å². The van der Waals surface area contributed by atoms with E-state index < -0.39 is 0 Å². The van der Waals surface area contributed by atoms with Crippen molar-refractivity contribution >= 4 is 17.2 Å². The van der Waals surface area contributed by atoms with Gasteiger partial charge in [0.05, 0.1) is 4.88 Å². The third kappa shape index (κ3) is 2.77. The van der Waals surface area contributed by atoms with Gasteiger partial charge >= 0.3 is 0 Å². The number of thiophene rings is 1. The van der Waals surface area contributed by atoms with E-state index in [0.717, 1.165) is 17.3 Å². The first-order valence-electron chi connectivity index (χ1n) is 7.19. The average molecular weight is 263 g/mol. The smallest absolute Gasteiger partial charge is 0.264 e. The summed E-state index contributed by atoms with van der Waals surface area (Å²) in [6.07, 6.45) is 9.17. The molecule has 2 fully saturated rings. The molecule has 0 unspecified atom stereocenters. The zero-order valence-electron chi connectivity index (χ0n) is 10.8. The molecule has 1 aromatic rings. The highest BCUT2D eigenvalue weighted by atomic mass is 32.1. The van der Waals surface area contributed by atoms with E-state index in [2.05, 4.69) is 4.90 Å². The minimum Gasteiger partial charge on any atom is -0.335 e. The molecule has 0 bridgehead atoms. The number of carbonyl (C=O) groups is 1. The molecule has 3 rings (SSSR count). The lowest BCUT2D eigenvalue weighted by Crippen LogP contribution is -2.37. The van der Waals surface area contributed by atoms with Gasteiger partial charge in [-0.2, -0.15) is 0 Å². The molecule has 1 aromatic heterocycles. The number of amides is 1. The molecule has 0 aromatic carbocycles. The lowest BCUT2D eigenvalue weighted by molar-refractivity contribution is 0.0704. The molecule has 98 valence electrons. The second-order valence-electron chi connectivity index (χ2n) is 5.67. The van der Waals surface area contributed by atoms with Crippen molar-refractivity contribution in [3.8, 4) is 0 Å². The minimum absolute atomic E-state index is 0.276. The molecule has 2 aliphatic rings. The third-order valence-corrected chi connectivity index (χ3v) is 5.02. The van der Waals surface area contributed by atoms with Crippen molar-refractivity contribution in [1.82, 2.24) is 4.90 Å². The third-order valence-electron chi connectivity index (χ3n) is 4.16. The summed E-state index contributed by atoms with van der Waals surface area (Å²) in [6.45, 7) is 1.00. The van der Waals surface area contributed by atoms with Gasteiger partial charge < -0.3 is 4.90 Å². The molecule has 1 amide bonds. The average Bonchev–Trinajstić information content (AvgIpc) is 3.10. The van der Waals surface area contributed by atoms with Crippen molar-refractivity contribution in [2.24, 2.45) is 5.92 Å². The van der Waals surface area contributed by atoms with E-state index in [1.165, 1.54) is 44.9 Å². The molecule has 3 heteroatoms. The molecule has 0 aliphatic heterocycles. The van der Waals surface area contributed by atoms with Crippen molar-refractivity contribution < 1.29 is 4.79 Å². The highest BCUT2D eigenvalue weighted by Crippen LogP contribution is 2.32. The maximum Gasteiger partial charge on any atom is 0.264 e. The Labute approximate surface area is 113 Å². The summed E-state index contributed by atoms with van der Waals surface area (Å²) < 4.78 is 0. The summed E-state index contributed by atoms with van der Waals surface area (Å²) in [5.74, 6) is 1.03. The van der Waals surface area contributed by atoms with Crippen LogP contribution in [0.5, 0.6) is 0 Å². The van der Waals surface area contributed by atoms with Gasteiger partial charge in [-0.1, -0.05) is 25.3 Å². The van der Waals surface area contributed by atoms with E-state index in [0.29, 0.717) is 6.04 Å². The molecule has 18 heavy (non-hydrogen) atoms. The summed E-state index contributed by atoms with van der Waals surface area (Å²) >= 11 is 1.58. The van der Waals surface area contributed by atoms with Crippen molar-refractivity contribution in [3.63, 3.8) is 0 Å². The number of hydrogen-bond donors (Lipinski definition) is 0. The normalized spacial score (nSPS) is 20.9. The topological polar surface area (TPSA) is 20.3 Å². The number of nitrogens with zero attached hydrogens (tertiary/aromatic N) is 1. The van der Waals surface area contributed by atoms with E-state index in [-0.39, 0.29) is 5.91 Å². The van der Waals surface area contributed by atoms with E-state index in [1.54, 1.807) is 11.3 Å². The lowest BCUT2D eigenvalue weighted by Gasteiger charge is -2.29. The molecular formula is C15H21NOS. The van der Waals surface area contributed by atoms with Crippen LogP contribution >= 0.6 is 11.3 Å². The first-order chi connectivity index (χ1) is 8.84. The molecule has 2 nitrogen and oxygen atoms in total. The molecule has 0 radical (unpaired) electrons. The van der Waals surface area contributed by atoms with Crippen molar-refractivity contribution in [3.05, 3.63) is 22.4 Å². The standard InChI is InChI=1S/C15H21NOS/c17-15(14-7-4-10-18-14)16(13-8-9-13)11-12-5-2-1-3-6-12/h4,7,10,12-13H,1-3,5-6,8-9,11H2. The molecule has 0 atom stereocenters. The van der Waals surface area contributed by atoms with E-state index in [4.69, 9.17) is 0 Å². The summed E-state index contributed by atoms with van der Waals surface area (Å²) in [5.41, 5.74) is 0. The fourth-order valence-corrected chi connectivity index (χ4v) is 3.65. The van der Waals surface area contributed by atoms with Crippen LogP contribution in [0.2, 0.25) is 0 Å². The minimum atomic E-state index is 0.276. The van der Waals surface area contributed by atoms with Gasteiger partial charge in [-0.3, -0.25) is 4.79 Å². The Morgan fingerprint density at radius 2 is 2.00 bits per heavy atom.